The summed E-state index contributed by atoms with van der Waals surface area (Å²) < 4.78 is 0. The predicted octanol–water partition coefficient (Wildman–Crippen LogP) is 1.62. The van der Waals surface area contributed by atoms with E-state index in [1.54, 1.807) is 6.07 Å². The number of nitrogens with one attached hydrogen (secondary N) is 1. The van der Waals surface area contributed by atoms with E-state index < -0.39 is 0 Å². The first kappa shape index (κ1) is 12.4. The van der Waals surface area contributed by atoms with Crippen molar-refractivity contribution in [1.82, 2.24) is 5.32 Å². The van der Waals surface area contributed by atoms with Crippen molar-refractivity contribution in [2.75, 3.05) is 18.0 Å². The summed E-state index contributed by atoms with van der Waals surface area (Å²) in [7, 11) is 0. The fourth-order valence-electron chi connectivity index (χ4n) is 2.28. The zero-order valence-electron chi connectivity index (χ0n) is 10.6. The van der Waals surface area contributed by atoms with Crippen molar-refractivity contribution in [2.45, 2.75) is 25.9 Å². The van der Waals surface area contributed by atoms with Gasteiger partial charge in [-0.1, -0.05) is 0 Å². The second-order valence-corrected chi connectivity index (χ2v) is 4.76. The highest BCUT2D eigenvalue weighted by Gasteiger charge is 2.23. The number of nitriles is 2. The molecule has 0 aromatic heterocycles. The van der Waals surface area contributed by atoms with Crippen molar-refractivity contribution in [1.29, 1.82) is 10.5 Å². The van der Waals surface area contributed by atoms with Crippen LogP contribution in [0.1, 0.15) is 25.0 Å². The Morgan fingerprint density at radius 1 is 1.22 bits per heavy atom. The van der Waals surface area contributed by atoms with Crippen LogP contribution in [-0.4, -0.2) is 25.2 Å². The molecule has 2 unspecified atom stereocenters. The van der Waals surface area contributed by atoms with Crippen LogP contribution in [0.25, 0.3) is 0 Å². The summed E-state index contributed by atoms with van der Waals surface area (Å²) >= 11 is 0. The second kappa shape index (κ2) is 5.08. The third-order valence-electron chi connectivity index (χ3n) is 3.34. The Balaban J connectivity index is 2.34. The molecule has 0 spiro atoms. The molecule has 92 valence electrons. The number of benzene rings is 1. The quantitative estimate of drug-likeness (QED) is 0.810. The lowest BCUT2D eigenvalue weighted by Crippen LogP contribution is -2.54. The molecule has 1 heterocycles. The standard InChI is InChI=1S/C14H16N4/c1-10-9-18(11(2)8-17-10)14-4-3-12(6-15)13(5-14)7-16/h3-5,10-11,17H,8-9H2,1-2H3. The molecule has 1 aromatic carbocycles. The molecular weight excluding hydrogens is 224 g/mol. The van der Waals surface area contributed by atoms with Gasteiger partial charge in [0.15, 0.2) is 0 Å². The number of hydrogen-bond donors (Lipinski definition) is 1. The highest BCUT2D eigenvalue weighted by molar-refractivity contribution is 5.58. The molecule has 2 rings (SSSR count). The molecule has 1 aromatic rings. The molecular formula is C14H16N4. The molecule has 0 saturated carbocycles. The Bertz CT molecular complexity index is 524. The minimum Gasteiger partial charge on any atom is -0.366 e. The first-order chi connectivity index (χ1) is 8.65. The van der Waals surface area contributed by atoms with Gasteiger partial charge in [0.05, 0.1) is 11.1 Å². The molecule has 18 heavy (non-hydrogen) atoms. The van der Waals surface area contributed by atoms with E-state index in [4.69, 9.17) is 10.5 Å². The topological polar surface area (TPSA) is 62.9 Å². The molecule has 0 radical (unpaired) electrons. The molecule has 0 bridgehead atoms. The minimum absolute atomic E-state index is 0.390. The first-order valence-corrected chi connectivity index (χ1v) is 6.10. The van der Waals surface area contributed by atoms with Gasteiger partial charge in [-0.2, -0.15) is 10.5 Å². The largest absolute Gasteiger partial charge is 0.366 e. The lowest BCUT2D eigenvalue weighted by atomic mass is 10.1. The average molecular weight is 240 g/mol. The highest BCUT2D eigenvalue weighted by atomic mass is 15.2. The van der Waals surface area contributed by atoms with Gasteiger partial charge in [0.1, 0.15) is 12.1 Å². The van der Waals surface area contributed by atoms with Gasteiger partial charge >= 0.3 is 0 Å². The zero-order chi connectivity index (χ0) is 13.1. The maximum atomic E-state index is 9.06. The van der Waals surface area contributed by atoms with E-state index in [0.717, 1.165) is 18.8 Å². The Morgan fingerprint density at radius 2 is 1.94 bits per heavy atom. The number of hydrogen-bond acceptors (Lipinski definition) is 4. The van der Waals surface area contributed by atoms with Crippen LogP contribution in [0, 0.1) is 22.7 Å². The predicted molar refractivity (Wildman–Crippen MR) is 70.1 cm³/mol. The van der Waals surface area contributed by atoms with Gasteiger partial charge in [-0.15, -0.1) is 0 Å². The van der Waals surface area contributed by atoms with Gasteiger partial charge in [-0.05, 0) is 32.0 Å². The third-order valence-corrected chi connectivity index (χ3v) is 3.34. The van der Waals surface area contributed by atoms with Gasteiger partial charge in [0, 0.05) is 30.9 Å². The van der Waals surface area contributed by atoms with Crippen molar-refractivity contribution < 1.29 is 0 Å². The number of nitrogens with zero attached hydrogens (tertiary/aromatic N) is 3. The fourth-order valence-corrected chi connectivity index (χ4v) is 2.28. The Morgan fingerprint density at radius 3 is 2.61 bits per heavy atom. The molecule has 4 heteroatoms. The maximum Gasteiger partial charge on any atom is 0.101 e. The SMILES string of the molecule is CC1CN(c2ccc(C#N)c(C#N)c2)C(C)CN1. The second-order valence-electron chi connectivity index (χ2n) is 4.76. The van der Waals surface area contributed by atoms with E-state index in [1.165, 1.54) is 0 Å². The van der Waals surface area contributed by atoms with Crippen LogP contribution < -0.4 is 10.2 Å². The summed E-state index contributed by atoms with van der Waals surface area (Å²) in [6, 6.07) is 10.4. The van der Waals surface area contributed by atoms with Crippen LogP contribution in [0.4, 0.5) is 5.69 Å². The molecule has 1 aliphatic rings. The van der Waals surface area contributed by atoms with Crippen molar-refractivity contribution in [3.05, 3.63) is 29.3 Å². The summed E-state index contributed by atoms with van der Waals surface area (Å²) in [6.07, 6.45) is 0. The Labute approximate surface area is 107 Å². The monoisotopic (exact) mass is 240 g/mol. The van der Waals surface area contributed by atoms with Crippen molar-refractivity contribution in [3.63, 3.8) is 0 Å². The van der Waals surface area contributed by atoms with Crippen molar-refractivity contribution >= 4 is 5.69 Å². The lowest BCUT2D eigenvalue weighted by Gasteiger charge is -2.39. The summed E-state index contributed by atoms with van der Waals surface area (Å²) in [5.74, 6) is 0. The van der Waals surface area contributed by atoms with Crippen LogP contribution in [0.5, 0.6) is 0 Å². The van der Waals surface area contributed by atoms with Crippen LogP contribution in [0.2, 0.25) is 0 Å². The van der Waals surface area contributed by atoms with E-state index in [1.807, 2.05) is 18.2 Å². The molecule has 1 fully saturated rings. The number of anilines is 1. The van der Waals surface area contributed by atoms with Gasteiger partial charge in [-0.3, -0.25) is 0 Å². The zero-order valence-corrected chi connectivity index (χ0v) is 10.6. The van der Waals surface area contributed by atoms with Gasteiger partial charge in [-0.25, -0.2) is 0 Å². The third kappa shape index (κ3) is 2.30. The Kier molecular flexibility index (Phi) is 3.50. The number of piperazine rings is 1. The van der Waals surface area contributed by atoms with E-state index in [2.05, 4.69) is 30.1 Å². The smallest absolute Gasteiger partial charge is 0.101 e. The maximum absolute atomic E-state index is 9.06. The lowest BCUT2D eigenvalue weighted by molar-refractivity contribution is 0.425. The van der Waals surface area contributed by atoms with Crippen molar-refractivity contribution in [2.24, 2.45) is 0 Å². The van der Waals surface area contributed by atoms with E-state index in [9.17, 15) is 0 Å². The van der Waals surface area contributed by atoms with Gasteiger partial charge < -0.3 is 10.2 Å². The summed E-state index contributed by atoms with van der Waals surface area (Å²) in [5, 5.41) is 21.4. The van der Waals surface area contributed by atoms with Crippen LogP contribution in [0.15, 0.2) is 18.2 Å². The first-order valence-electron chi connectivity index (χ1n) is 6.10. The number of rotatable bonds is 1. The molecule has 1 N–H and O–H groups in total. The van der Waals surface area contributed by atoms with E-state index in [0.29, 0.717) is 23.2 Å². The molecule has 0 amide bonds. The molecule has 4 nitrogen and oxygen atoms in total. The fraction of sp³-hybridized carbons (Fsp3) is 0.429. The molecule has 0 aliphatic carbocycles. The van der Waals surface area contributed by atoms with Crippen LogP contribution in [0.3, 0.4) is 0 Å². The van der Waals surface area contributed by atoms with E-state index >= 15 is 0 Å². The summed E-state index contributed by atoms with van der Waals surface area (Å²) in [4.78, 5) is 2.28. The Hall–Kier alpha value is -2.04. The average Bonchev–Trinajstić information content (AvgIpc) is 2.40. The molecule has 1 aliphatic heterocycles. The van der Waals surface area contributed by atoms with Gasteiger partial charge in [0.2, 0.25) is 0 Å². The van der Waals surface area contributed by atoms with Crippen molar-refractivity contribution in [3.8, 4) is 12.1 Å². The van der Waals surface area contributed by atoms with Crippen LogP contribution in [-0.2, 0) is 0 Å². The van der Waals surface area contributed by atoms with Gasteiger partial charge in [0.25, 0.3) is 0 Å². The normalized spacial score (nSPS) is 23.2. The minimum atomic E-state index is 0.390. The summed E-state index contributed by atoms with van der Waals surface area (Å²) in [5.41, 5.74) is 1.91. The van der Waals surface area contributed by atoms with E-state index in [-0.39, 0.29) is 0 Å². The summed E-state index contributed by atoms with van der Waals surface area (Å²) in [6.45, 7) is 6.15. The highest BCUT2D eigenvalue weighted by Crippen LogP contribution is 2.22. The molecule has 1 saturated heterocycles. The molecule has 2 atom stereocenters. The van der Waals surface area contributed by atoms with Crippen LogP contribution >= 0.6 is 0 Å².